The van der Waals surface area contributed by atoms with Gasteiger partial charge in [0.15, 0.2) is 5.11 Å². The Morgan fingerprint density at radius 1 is 0.864 bits per heavy atom. The lowest BCUT2D eigenvalue weighted by atomic mass is 10.1. The number of nitrogens with one attached hydrogen (secondary N) is 2. The summed E-state index contributed by atoms with van der Waals surface area (Å²) in [4.78, 5) is 0. The summed E-state index contributed by atoms with van der Waals surface area (Å²) in [6.45, 7) is 1.73. The van der Waals surface area contributed by atoms with Crippen LogP contribution in [0.2, 0.25) is 0 Å². The molecule has 3 aromatic rings. The third-order valence-corrected chi connectivity index (χ3v) is 3.64. The first-order chi connectivity index (χ1) is 10.6. The van der Waals surface area contributed by atoms with Crippen molar-refractivity contribution in [2.45, 2.75) is 6.92 Å². The summed E-state index contributed by atoms with van der Waals surface area (Å²) in [5.74, 6) is -0.251. The van der Waals surface area contributed by atoms with Gasteiger partial charge in [-0.2, -0.15) is 0 Å². The minimum atomic E-state index is -0.251. The number of hydrogen-bond donors (Lipinski definition) is 2. The second kappa shape index (κ2) is 6.12. The number of halogens is 1. The molecule has 0 fully saturated rings. The lowest BCUT2D eigenvalue weighted by Crippen LogP contribution is -2.19. The predicted octanol–water partition coefficient (Wildman–Crippen LogP) is 5.10. The topological polar surface area (TPSA) is 24.1 Å². The molecule has 0 aromatic heterocycles. The van der Waals surface area contributed by atoms with Crippen molar-refractivity contribution in [3.8, 4) is 0 Å². The molecule has 2 nitrogen and oxygen atoms in total. The molecule has 3 rings (SSSR count). The van der Waals surface area contributed by atoms with Gasteiger partial charge in [-0.1, -0.05) is 36.4 Å². The monoisotopic (exact) mass is 310 g/mol. The van der Waals surface area contributed by atoms with Crippen molar-refractivity contribution in [3.63, 3.8) is 0 Å². The van der Waals surface area contributed by atoms with E-state index in [0.717, 1.165) is 11.1 Å². The summed E-state index contributed by atoms with van der Waals surface area (Å²) in [5, 5.41) is 8.84. The van der Waals surface area contributed by atoms with Crippen LogP contribution in [0, 0.1) is 12.7 Å². The highest BCUT2D eigenvalue weighted by molar-refractivity contribution is 7.80. The summed E-state index contributed by atoms with van der Waals surface area (Å²) in [7, 11) is 0. The van der Waals surface area contributed by atoms with E-state index in [1.165, 1.54) is 11.5 Å². The van der Waals surface area contributed by atoms with Gasteiger partial charge in [0.25, 0.3) is 0 Å². The van der Waals surface area contributed by atoms with E-state index in [2.05, 4.69) is 16.7 Å². The Labute approximate surface area is 134 Å². The van der Waals surface area contributed by atoms with Gasteiger partial charge in [0.05, 0.1) is 0 Å². The van der Waals surface area contributed by atoms with Crippen molar-refractivity contribution < 1.29 is 4.39 Å². The average Bonchev–Trinajstić information content (AvgIpc) is 2.51. The van der Waals surface area contributed by atoms with Gasteiger partial charge in [-0.25, -0.2) is 4.39 Å². The molecule has 0 aliphatic rings. The second-order valence-electron chi connectivity index (χ2n) is 5.11. The fourth-order valence-corrected chi connectivity index (χ4v) is 2.47. The van der Waals surface area contributed by atoms with Crippen LogP contribution in [0.1, 0.15) is 5.56 Å². The van der Waals surface area contributed by atoms with E-state index in [9.17, 15) is 4.39 Å². The van der Waals surface area contributed by atoms with Gasteiger partial charge in [0.2, 0.25) is 0 Å². The van der Waals surface area contributed by atoms with Crippen LogP contribution in [0.4, 0.5) is 15.8 Å². The van der Waals surface area contributed by atoms with Gasteiger partial charge in [0.1, 0.15) is 5.82 Å². The molecule has 0 amide bonds. The first-order valence-corrected chi connectivity index (χ1v) is 7.35. The molecule has 0 heterocycles. The molecule has 2 N–H and O–H groups in total. The third kappa shape index (κ3) is 3.23. The molecule has 110 valence electrons. The van der Waals surface area contributed by atoms with Crippen LogP contribution in [-0.4, -0.2) is 5.11 Å². The lowest BCUT2D eigenvalue weighted by Gasteiger charge is -2.11. The van der Waals surface area contributed by atoms with Crippen LogP contribution >= 0.6 is 12.2 Å². The quantitative estimate of drug-likeness (QED) is 0.644. The van der Waals surface area contributed by atoms with Crippen LogP contribution in [0.3, 0.4) is 0 Å². The maximum absolute atomic E-state index is 13.5. The van der Waals surface area contributed by atoms with Crippen molar-refractivity contribution in [1.82, 2.24) is 0 Å². The summed E-state index contributed by atoms with van der Waals surface area (Å²) in [6.07, 6.45) is 0. The van der Waals surface area contributed by atoms with Gasteiger partial charge in [0, 0.05) is 11.4 Å². The first kappa shape index (κ1) is 14.5. The number of fused-ring (bicyclic) bond motifs is 1. The summed E-state index contributed by atoms with van der Waals surface area (Å²) >= 11 is 5.27. The Morgan fingerprint density at radius 3 is 2.23 bits per heavy atom. The van der Waals surface area contributed by atoms with E-state index in [-0.39, 0.29) is 5.82 Å². The van der Waals surface area contributed by atoms with Gasteiger partial charge in [-0.3, -0.25) is 0 Å². The molecule has 0 aliphatic heterocycles. The zero-order valence-corrected chi connectivity index (χ0v) is 12.9. The second-order valence-corrected chi connectivity index (χ2v) is 5.51. The van der Waals surface area contributed by atoms with E-state index < -0.39 is 0 Å². The van der Waals surface area contributed by atoms with Gasteiger partial charge in [-0.15, -0.1) is 0 Å². The zero-order chi connectivity index (χ0) is 15.5. The highest BCUT2D eigenvalue weighted by atomic mass is 32.1. The lowest BCUT2D eigenvalue weighted by molar-refractivity contribution is 0.619. The number of rotatable bonds is 2. The Bertz CT molecular complexity index is 845. The molecule has 3 aromatic carbocycles. The Morgan fingerprint density at radius 2 is 1.50 bits per heavy atom. The molecule has 0 atom stereocenters. The number of aryl methyl sites for hydroxylation is 1. The van der Waals surface area contributed by atoms with Crippen molar-refractivity contribution in [2.75, 3.05) is 10.6 Å². The average molecular weight is 310 g/mol. The Kier molecular flexibility index (Phi) is 4.02. The van der Waals surface area contributed by atoms with Crippen molar-refractivity contribution in [1.29, 1.82) is 0 Å². The fraction of sp³-hybridized carbons (Fsp3) is 0.0556. The van der Waals surface area contributed by atoms with Gasteiger partial charge >= 0.3 is 0 Å². The highest BCUT2D eigenvalue weighted by Gasteiger charge is 2.03. The van der Waals surface area contributed by atoms with E-state index in [1.54, 1.807) is 19.1 Å². The Hall–Kier alpha value is -2.46. The van der Waals surface area contributed by atoms with Crippen LogP contribution < -0.4 is 10.6 Å². The minimum absolute atomic E-state index is 0.251. The van der Waals surface area contributed by atoms with E-state index in [0.29, 0.717) is 16.4 Å². The number of thiocarbonyl (C=S) groups is 1. The van der Waals surface area contributed by atoms with Gasteiger partial charge < -0.3 is 10.6 Å². The molecule has 0 spiro atoms. The molecule has 0 bridgehead atoms. The summed E-state index contributed by atoms with van der Waals surface area (Å²) in [5.41, 5.74) is 2.13. The van der Waals surface area contributed by atoms with Crippen LogP contribution in [0.25, 0.3) is 10.8 Å². The summed E-state index contributed by atoms with van der Waals surface area (Å²) in [6, 6.07) is 19.1. The third-order valence-electron chi connectivity index (χ3n) is 3.44. The Balaban J connectivity index is 1.73. The largest absolute Gasteiger partial charge is 0.332 e. The molecule has 4 heteroatoms. The van der Waals surface area contributed by atoms with Crippen LogP contribution in [0.15, 0.2) is 60.7 Å². The normalized spacial score (nSPS) is 10.5. The summed E-state index contributed by atoms with van der Waals surface area (Å²) < 4.78 is 13.5. The van der Waals surface area contributed by atoms with E-state index >= 15 is 0 Å². The standard InChI is InChI=1S/C18H15FN2S/c1-12-6-8-16(11-17(12)19)21-18(22)20-15-9-7-13-4-2-3-5-14(13)10-15/h2-11H,1H3,(H2,20,21,22). The van der Waals surface area contributed by atoms with Crippen molar-refractivity contribution in [3.05, 3.63) is 72.0 Å². The molecular weight excluding hydrogens is 295 g/mol. The van der Waals surface area contributed by atoms with Gasteiger partial charge in [-0.05, 0) is 59.7 Å². The number of benzene rings is 3. The maximum Gasteiger partial charge on any atom is 0.175 e. The smallest absolute Gasteiger partial charge is 0.175 e. The molecular formula is C18H15FN2S. The number of hydrogen-bond acceptors (Lipinski definition) is 1. The zero-order valence-electron chi connectivity index (χ0n) is 12.1. The number of anilines is 2. The molecule has 0 unspecified atom stereocenters. The van der Waals surface area contributed by atoms with E-state index in [1.807, 2.05) is 36.4 Å². The van der Waals surface area contributed by atoms with Crippen LogP contribution in [0.5, 0.6) is 0 Å². The first-order valence-electron chi connectivity index (χ1n) is 6.95. The maximum atomic E-state index is 13.5. The van der Waals surface area contributed by atoms with Crippen molar-refractivity contribution in [2.24, 2.45) is 0 Å². The van der Waals surface area contributed by atoms with Crippen LogP contribution in [-0.2, 0) is 0 Å². The molecule has 0 aliphatic carbocycles. The minimum Gasteiger partial charge on any atom is -0.332 e. The molecule has 0 saturated heterocycles. The molecule has 0 saturated carbocycles. The van der Waals surface area contributed by atoms with Crippen molar-refractivity contribution >= 4 is 39.5 Å². The molecule has 22 heavy (non-hydrogen) atoms. The highest BCUT2D eigenvalue weighted by Crippen LogP contribution is 2.19. The molecule has 0 radical (unpaired) electrons. The SMILES string of the molecule is Cc1ccc(NC(=S)Nc2ccc3ccccc3c2)cc1F. The fourth-order valence-electron chi connectivity index (χ4n) is 2.23. The predicted molar refractivity (Wildman–Crippen MR) is 94.9 cm³/mol. The van der Waals surface area contributed by atoms with E-state index in [4.69, 9.17) is 12.2 Å².